The lowest BCUT2D eigenvalue weighted by molar-refractivity contribution is 0.0938. The standard InChI is InChI=1S/C23H23ClN2O3S/c1-17(10-11-18-6-3-2-4-7-18)25-23(27)19-8-5-9-21(16-19)26-30(28,29)22-14-12-20(24)13-15-22/h2-9,12-17,26H,10-11H2,1H3,(H,25,27)/t17-/m0/s1. The fraction of sp³-hybridized carbons (Fsp3) is 0.174. The fourth-order valence-corrected chi connectivity index (χ4v) is 4.13. The smallest absolute Gasteiger partial charge is 0.261 e. The molecule has 0 spiro atoms. The number of hydrogen-bond acceptors (Lipinski definition) is 3. The van der Waals surface area contributed by atoms with Crippen LogP contribution in [0.5, 0.6) is 0 Å². The van der Waals surface area contributed by atoms with E-state index in [0.717, 1.165) is 12.8 Å². The van der Waals surface area contributed by atoms with Crippen LogP contribution in [-0.2, 0) is 16.4 Å². The molecule has 0 radical (unpaired) electrons. The van der Waals surface area contributed by atoms with Crippen LogP contribution in [0.1, 0.15) is 29.3 Å². The van der Waals surface area contributed by atoms with E-state index >= 15 is 0 Å². The number of hydrogen-bond donors (Lipinski definition) is 2. The summed E-state index contributed by atoms with van der Waals surface area (Å²) in [6.45, 7) is 1.95. The van der Waals surface area contributed by atoms with Gasteiger partial charge in [-0.15, -0.1) is 0 Å². The molecule has 3 rings (SSSR count). The minimum absolute atomic E-state index is 0.0212. The van der Waals surface area contributed by atoms with Crippen molar-refractivity contribution in [3.63, 3.8) is 0 Å². The topological polar surface area (TPSA) is 75.3 Å². The molecule has 0 heterocycles. The van der Waals surface area contributed by atoms with Gasteiger partial charge in [-0.2, -0.15) is 0 Å². The Balaban J connectivity index is 1.62. The Morgan fingerprint density at radius 1 is 0.967 bits per heavy atom. The van der Waals surface area contributed by atoms with Crippen LogP contribution in [0.25, 0.3) is 0 Å². The van der Waals surface area contributed by atoms with Gasteiger partial charge >= 0.3 is 0 Å². The molecule has 0 aliphatic carbocycles. The number of aryl methyl sites for hydroxylation is 1. The Morgan fingerprint density at radius 3 is 2.37 bits per heavy atom. The summed E-state index contributed by atoms with van der Waals surface area (Å²) < 4.78 is 27.6. The zero-order chi connectivity index (χ0) is 21.6. The monoisotopic (exact) mass is 442 g/mol. The quantitative estimate of drug-likeness (QED) is 0.521. The summed E-state index contributed by atoms with van der Waals surface area (Å²) in [6, 6.07) is 22.4. The van der Waals surface area contributed by atoms with Crippen molar-refractivity contribution in [2.45, 2.75) is 30.7 Å². The summed E-state index contributed by atoms with van der Waals surface area (Å²) in [4.78, 5) is 12.7. The lowest BCUT2D eigenvalue weighted by atomic mass is 10.1. The lowest BCUT2D eigenvalue weighted by Crippen LogP contribution is -2.32. The molecule has 3 aromatic carbocycles. The van der Waals surface area contributed by atoms with Crippen LogP contribution in [0.3, 0.4) is 0 Å². The zero-order valence-electron chi connectivity index (χ0n) is 16.5. The minimum Gasteiger partial charge on any atom is -0.350 e. The predicted molar refractivity (Wildman–Crippen MR) is 120 cm³/mol. The lowest BCUT2D eigenvalue weighted by Gasteiger charge is -2.15. The molecule has 0 fully saturated rings. The van der Waals surface area contributed by atoms with E-state index in [4.69, 9.17) is 11.6 Å². The maximum Gasteiger partial charge on any atom is 0.261 e. The third-order valence-electron chi connectivity index (χ3n) is 4.59. The van der Waals surface area contributed by atoms with Gasteiger partial charge < -0.3 is 5.32 Å². The van der Waals surface area contributed by atoms with Crippen molar-refractivity contribution in [2.24, 2.45) is 0 Å². The van der Waals surface area contributed by atoms with Crippen LogP contribution in [0, 0.1) is 0 Å². The largest absolute Gasteiger partial charge is 0.350 e. The fourth-order valence-electron chi connectivity index (χ4n) is 2.96. The van der Waals surface area contributed by atoms with Gasteiger partial charge in [0.05, 0.1) is 4.90 Å². The second-order valence-corrected chi connectivity index (χ2v) is 9.16. The second-order valence-electron chi connectivity index (χ2n) is 7.04. The minimum atomic E-state index is -3.78. The first-order valence-corrected chi connectivity index (χ1v) is 11.4. The van der Waals surface area contributed by atoms with Gasteiger partial charge in [0.25, 0.3) is 15.9 Å². The SMILES string of the molecule is C[C@@H](CCc1ccccc1)NC(=O)c1cccc(NS(=O)(=O)c2ccc(Cl)cc2)c1. The maximum absolute atomic E-state index is 12.6. The molecule has 1 amide bonds. The number of benzene rings is 3. The van der Waals surface area contributed by atoms with Gasteiger partial charge in [-0.1, -0.05) is 48.0 Å². The highest BCUT2D eigenvalue weighted by Crippen LogP contribution is 2.19. The van der Waals surface area contributed by atoms with E-state index in [2.05, 4.69) is 22.2 Å². The Kier molecular flexibility index (Phi) is 7.13. The predicted octanol–water partition coefficient (Wildman–Crippen LogP) is 4.89. The van der Waals surface area contributed by atoms with Crippen LogP contribution in [-0.4, -0.2) is 20.4 Å². The van der Waals surface area contributed by atoms with Gasteiger partial charge in [-0.25, -0.2) is 8.42 Å². The Hall–Kier alpha value is -2.83. The third kappa shape index (κ3) is 6.08. The summed E-state index contributed by atoms with van der Waals surface area (Å²) in [5, 5.41) is 3.42. The van der Waals surface area contributed by atoms with Gasteiger partial charge in [-0.05, 0) is 67.8 Å². The third-order valence-corrected chi connectivity index (χ3v) is 6.24. The molecule has 0 unspecified atom stereocenters. The molecule has 7 heteroatoms. The van der Waals surface area contributed by atoms with Gasteiger partial charge in [0, 0.05) is 22.3 Å². The van der Waals surface area contributed by atoms with E-state index in [0.29, 0.717) is 16.3 Å². The molecule has 30 heavy (non-hydrogen) atoms. The number of nitrogens with one attached hydrogen (secondary N) is 2. The van der Waals surface area contributed by atoms with Crippen LogP contribution in [0.2, 0.25) is 5.02 Å². The van der Waals surface area contributed by atoms with Gasteiger partial charge in [0.15, 0.2) is 0 Å². The van der Waals surface area contributed by atoms with E-state index < -0.39 is 10.0 Å². The Morgan fingerprint density at radius 2 is 1.67 bits per heavy atom. The highest BCUT2D eigenvalue weighted by molar-refractivity contribution is 7.92. The van der Waals surface area contributed by atoms with Gasteiger partial charge in [0.1, 0.15) is 0 Å². The van der Waals surface area contributed by atoms with Crippen molar-refractivity contribution in [1.82, 2.24) is 5.32 Å². The highest BCUT2D eigenvalue weighted by atomic mass is 35.5. The average molecular weight is 443 g/mol. The van der Waals surface area contributed by atoms with Crippen molar-refractivity contribution in [3.8, 4) is 0 Å². The van der Waals surface area contributed by atoms with Crippen LogP contribution in [0.4, 0.5) is 5.69 Å². The van der Waals surface area contributed by atoms with E-state index in [1.165, 1.54) is 35.9 Å². The summed E-state index contributed by atoms with van der Waals surface area (Å²) in [7, 11) is -3.78. The van der Waals surface area contributed by atoms with Crippen LogP contribution in [0.15, 0.2) is 83.8 Å². The molecular weight excluding hydrogens is 420 g/mol. The number of anilines is 1. The molecule has 156 valence electrons. The first-order chi connectivity index (χ1) is 14.3. The summed E-state index contributed by atoms with van der Waals surface area (Å²) in [5.74, 6) is -0.247. The van der Waals surface area contributed by atoms with Crippen LogP contribution < -0.4 is 10.0 Å². The Bertz CT molecular complexity index is 1100. The zero-order valence-corrected chi connectivity index (χ0v) is 18.1. The van der Waals surface area contributed by atoms with E-state index in [9.17, 15) is 13.2 Å². The second kappa shape index (κ2) is 9.78. The van der Waals surface area contributed by atoms with Crippen molar-refractivity contribution in [2.75, 3.05) is 4.72 Å². The molecular formula is C23H23ClN2O3S. The number of carbonyl (C=O) groups is 1. The molecule has 0 aliphatic heterocycles. The number of sulfonamides is 1. The summed E-state index contributed by atoms with van der Waals surface area (Å²) in [6.07, 6.45) is 1.67. The summed E-state index contributed by atoms with van der Waals surface area (Å²) in [5.41, 5.74) is 1.92. The number of rotatable bonds is 8. The number of halogens is 1. The molecule has 5 nitrogen and oxygen atoms in total. The van der Waals surface area contributed by atoms with Crippen LogP contribution >= 0.6 is 11.6 Å². The van der Waals surface area contributed by atoms with Crippen molar-refractivity contribution < 1.29 is 13.2 Å². The molecule has 0 aromatic heterocycles. The van der Waals surface area contributed by atoms with Crippen molar-refractivity contribution in [3.05, 3.63) is 95.0 Å². The van der Waals surface area contributed by atoms with Crippen molar-refractivity contribution >= 4 is 33.2 Å². The average Bonchev–Trinajstić information content (AvgIpc) is 2.73. The van der Waals surface area contributed by atoms with Gasteiger partial charge in [0.2, 0.25) is 0 Å². The number of carbonyl (C=O) groups excluding carboxylic acids is 1. The molecule has 0 saturated carbocycles. The highest BCUT2D eigenvalue weighted by Gasteiger charge is 2.16. The normalized spacial score (nSPS) is 12.2. The van der Waals surface area contributed by atoms with Gasteiger partial charge in [-0.3, -0.25) is 9.52 Å². The molecule has 3 aromatic rings. The van der Waals surface area contributed by atoms with E-state index in [1.807, 2.05) is 25.1 Å². The molecule has 1 atom stereocenters. The first kappa shape index (κ1) is 21.9. The molecule has 0 saturated heterocycles. The van der Waals surface area contributed by atoms with Crippen molar-refractivity contribution in [1.29, 1.82) is 0 Å². The molecule has 2 N–H and O–H groups in total. The van der Waals surface area contributed by atoms with E-state index in [1.54, 1.807) is 18.2 Å². The first-order valence-electron chi connectivity index (χ1n) is 9.57. The summed E-state index contributed by atoms with van der Waals surface area (Å²) >= 11 is 5.82. The van der Waals surface area contributed by atoms with E-state index in [-0.39, 0.29) is 16.8 Å². The Labute approximate surface area is 182 Å². The molecule has 0 aliphatic rings. The molecule has 0 bridgehead atoms. The maximum atomic E-state index is 12.6. The number of amides is 1.